The lowest BCUT2D eigenvalue weighted by atomic mass is 9.77. The molecule has 114 valence electrons. The first-order valence-corrected chi connectivity index (χ1v) is 7.58. The Labute approximate surface area is 123 Å². The molecule has 6 heteroatoms. The molecule has 1 saturated carbocycles. The van der Waals surface area contributed by atoms with Gasteiger partial charge in [-0.2, -0.15) is 0 Å². The maximum Gasteiger partial charge on any atom is 0.309 e. The molecule has 0 radical (unpaired) electrons. The largest absolute Gasteiger partial charge is 0.461 e. The Morgan fingerprint density at radius 2 is 2.29 bits per heavy atom. The Hall–Kier alpha value is -1.52. The molecular weight excluding hydrogens is 270 g/mol. The van der Waals surface area contributed by atoms with Crippen molar-refractivity contribution in [2.24, 2.45) is 22.9 Å². The second-order valence-electron chi connectivity index (χ2n) is 6.76. The van der Waals surface area contributed by atoms with Gasteiger partial charge in [0.2, 0.25) is 0 Å². The van der Waals surface area contributed by atoms with E-state index >= 15 is 0 Å². The van der Waals surface area contributed by atoms with Crippen molar-refractivity contribution < 1.29 is 14.6 Å². The molecule has 21 heavy (non-hydrogen) atoms. The third-order valence-electron chi connectivity index (χ3n) is 5.51. The van der Waals surface area contributed by atoms with Crippen LogP contribution < -0.4 is 0 Å². The van der Waals surface area contributed by atoms with Gasteiger partial charge >= 0.3 is 5.97 Å². The lowest BCUT2D eigenvalue weighted by molar-refractivity contribution is -0.147. The van der Waals surface area contributed by atoms with Gasteiger partial charge in [-0.05, 0) is 45.1 Å². The normalized spacial score (nSPS) is 42.0. The molecule has 0 spiro atoms. The average Bonchev–Trinajstić information content (AvgIpc) is 2.85. The molecule has 1 saturated heterocycles. The number of carbonyl (C=O) groups is 1. The lowest BCUT2D eigenvalue weighted by Gasteiger charge is -2.32. The van der Waals surface area contributed by atoms with Gasteiger partial charge in [-0.25, -0.2) is 0 Å². The summed E-state index contributed by atoms with van der Waals surface area (Å²) in [5.41, 5.74) is 10.3. The van der Waals surface area contributed by atoms with Crippen molar-refractivity contribution in [2.75, 3.05) is 6.54 Å². The van der Waals surface area contributed by atoms with Crippen LogP contribution in [0.3, 0.4) is 0 Å². The second-order valence-corrected chi connectivity index (χ2v) is 6.76. The molecule has 2 aliphatic carbocycles. The van der Waals surface area contributed by atoms with Gasteiger partial charge in [0.05, 0.1) is 11.5 Å². The van der Waals surface area contributed by atoms with Crippen LogP contribution in [0.5, 0.6) is 0 Å². The molecule has 1 heterocycles. The van der Waals surface area contributed by atoms with E-state index in [1.54, 1.807) is 0 Å². The first-order chi connectivity index (χ1) is 9.95. The third-order valence-corrected chi connectivity index (χ3v) is 5.51. The maximum atomic E-state index is 12.1. The monoisotopic (exact) mass is 291 g/mol. The Morgan fingerprint density at radius 1 is 1.52 bits per heavy atom. The summed E-state index contributed by atoms with van der Waals surface area (Å²) < 4.78 is 5.64. The van der Waals surface area contributed by atoms with E-state index in [-0.39, 0.29) is 36.4 Å². The molecule has 0 unspecified atom stereocenters. The standard InChI is InChI=1S/C15H21N3O3/c1-8-3-4-10-11(7-17-18-16)14(19)21-13(10)12-9(8)5-6-15(12,2)20/h10-13,20H,3-7H2,1-2H3/t10-,11-,12-,13-,15+/m0/s1. The van der Waals surface area contributed by atoms with Crippen LogP contribution in [0.15, 0.2) is 16.3 Å². The zero-order valence-corrected chi connectivity index (χ0v) is 12.5. The van der Waals surface area contributed by atoms with Gasteiger partial charge in [0.15, 0.2) is 0 Å². The molecule has 0 amide bonds. The van der Waals surface area contributed by atoms with Crippen LogP contribution in [-0.4, -0.2) is 29.3 Å². The summed E-state index contributed by atoms with van der Waals surface area (Å²) in [7, 11) is 0. The number of hydrogen-bond acceptors (Lipinski definition) is 4. The average molecular weight is 291 g/mol. The Kier molecular flexibility index (Phi) is 3.46. The summed E-state index contributed by atoms with van der Waals surface area (Å²) >= 11 is 0. The number of carbonyl (C=O) groups excluding carboxylic acids is 1. The van der Waals surface area contributed by atoms with Crippen molar-refractivity contribution >= 4 is 5.97 Å². The van der Waals surface area contributed by atoms with Gasteiger partial charge in [0.25, 0.3) is 0 Å². The van der Waals surface area contributed by atoms with Crippen molar-refractivity contribution in [3.8, 4) is 0 Å². The number of fused-ring (bicyclic) bond motifs is 3. The van der Waals surface area contributed by atoms with Gasteiger partial charge in [-0.15, -0.1) is 0 Å². The summed E-state index contributed by atoms with van der Waals surface area (Å²) in [5, 5.41) is 14.3. The molecule has 0 aromatic heterocycles. The van der Waals surface area contributed by atoms with Crippen molar-refractivity contribution in [2.45, 2.75) is 51.2 Å². The highest BCUT2D eigenvalue weighted by Gasteiger charge is 2.56. The minimum absolute atomic E-state index is 0.0324. The second kappa shape index (κ2) is 5.04. The molecule has 5 atom stereocenters. The van der Waals surface area contributed by atoms with Crippen molar-refractivity contribution in [3.63, 3.8) is 0 Å². The van der Waals surface area contributed by atoms with Gasteiger partial charge < -0.3 is 9.84 Å². The van der Waals surface area contributed by atoms with E-state index in [1.807, 2.05) is 6.92 Å². The predicted molar refractivity (Wildman–Crippen MR) is 76.2 cm³/mol. The molecule has 3 aliphatic rings. The van der Waals surface area contributed by atoms with Crippen LogP contribution in [-0.2, 0) is 9.53 Å². The van der Waals surface area contributed by atoms with Gasteiger partial charge in [0, 0.05) is 23.3 Å². The van der Waals surface area contributed by atoms with Crippen molar-refractivity contribution in [1.29, 1.82) is 0 Å². The molecule has 2 fully saturated rings. The Morgan fingerprint density at radius 3 is 3.00 bits per heavy atom. The van der Waals surface area contributed by atoms with Crippen LogP contribution in [0.4, 0.5) is 0 Å². The first-order valence-electron chi connectivity index (χ1n) is 7.58. The van der Waals surface area contributed by atoms with Crippen LogP contribution in [0, 0.1) is 17.8 Å². The Balaban J connectivity index is 1.96. The van der Waals surface area contributed by atoms with E-state index in [4.69, 9.17) is 10.3 Å². The van der Waals surface area contributed by atoms with Gasteiger partial charge in [0.1, 0.15) is 6.10 Å². The Bertz CT molecular complexity index is 548. The SMILES string of the molecule is CC1=C2CC[C@@](C)(O)[C@@H]2[C@H]2OC(=O)[C@@H](CN=[N+]=[N-])[C@@H]2CC1. The predicted octanol–water partition coefficient (Wildman–Crippen LogP) is 2.73. The summed E-state index contributed by atoms with van der Waals surface area (Å²) in [6.07, 6.45) is 3.09. The zero-order valence-electron chi connectivity index (χ0n) is 12.5. The van der Waals surface area contributed by atoms with Gasteiger partial charge in [-0.1, -0.05) is 16.3 Å². The molecule has 6 nitrogen and oxygen atoms in total. The number of esters is 1. The molecule has 0 aromatic rings. The summed E-state index contributed by atoms with van der Waals surface area (Å²) in [4.78, 5) is 14.9. The summed E-state index contributed by atoms with van der Waals surface area (Å²) in [6, 6.07) is 0. The number of rotatable bonds is 2. The smallest absolute Gasteiger partial charge is 0.309 e. The fourth-order valence-electron chi connectivity index (χ4n) is 4.38. The fraction of sp³-hybridized carbons (Fsp3) is 0.800. The maximum absolute atomic E-state index is 12.1. The van der Waals surface area contributed by atoms with E-state index in [0.29, 0.717) is 6.42 Å². The minimum Gasteiger partial charge on any atom is -0.461 e. The number of allylic oxidation sites excluding steroid dienone is 1. The topological polar surface area (TPSA) is 95.3 Å². The summed E-state index contributed by atoms with van der Waals surface area (Å²) in [6.45, 7) is 4.11. The fourth-order valence-corrected chi connectivity index (χ4v) is 4.38. The number of aliphatic hydroxyl groups is 1. The highest BCUT2D eigenvalue weighted by atomic mass is 16.6. The van der Waals surface area contributed by atoms with E-state index in [1.165, 1.54) is 11.1 Å². The van der Waals surface area contributed by atoms with Crippen LogP contribution in [0.1, 0.15) is 39.5 Å². The zero-order chi connectivity index (χ0) is 15.2. The molecule has 1 N–H and O–H groups in total. The number of ether oxygens (including phenoxy) is 1. The van der Waals surface area contributed by atoms with E-state index in [0.717, 1.165) is 19.3 Å². The van der Waals surface area contributed by atoms with Crippen molar-refractivity contribution in [1.82, 2.24) is 0 Å². The van der Waals surface area contributed by atoms with E-state index in [9.17, 15) is 9.90 Å². The molecule has 1 aliphatic heterocycles. The molecule has 3 rings (SSSR count). The van der Waals surface area contributed by atoms with Gasteiger partial charge in [-0.3, -0.25) is 4.79 Å². The highest BCUT2D eigenvalue weighted by molar-refractivity contribution is 5.76. The minimum atomic E-state index is -0.822. The third kappa shape index (κ3) is 2.23. The van der Waals surface area contributed by atoms with Crippen molar-refractivity contribution in [3.05, 3.63) is 21.6 Å². The lowest BCUT2D eigenvalue weighted by Crippen LogP contribution is -2.41. The molecular formula is C15H21N3O3. The van der Waals surface area contributed by atoms with Crippen LogP contribution in [0.2, 0.25) is 0 Å². The van der Waals surface area contributed by atoms with E-state index < -0.39 is 5.60 Å². The highest BCUT2D eigenvalue weighted by Crippen LogP contribution is 2.52. The van der Waals surface area contributed by atoms with E-state index in [2.05, 4.69) is 16.9 Å². The quantitative estimate of drug-likeness (QED) is 0.278. The number of azide groups is 1. The van der Waals surface area contributed by atoms with Crippen LogP contribution >= 0.6 is 0 Å². The number of hydrogen-bond donors (Lipinski definition) is 1. The molecule has 0 aromatic carbocycles. The first kappa shape index (κ1) is 14.4. The van der Waals surface area contributed by atoms with Crippen LogP contribution in [0.25, 0.3) is 10.4 Å². The summed E-state index contributed by atoms with van der Waals surface area (Å²) in [5.74, 6) is -0.719. The number of nitrogens with zero attached hydrogens (tertiary/aromatic N) is 3. The molecule has 0 bridgehead atoms.